The quantitative estimate of drug-likeness (QED) is 0.792. The van der Waals surface area contributed by atoms with Crippen LogP contribution in [0.5, 0.6) is 0 Å². The maximum atomic E-state index is 4.44. The van der Waals surface area contributed by atoms with Gasteiger partial charge in [0.2, 0.25) is 0 Å². The first-order valence-corrected chi connectivity index (χ1v) is 5.84. The monoisotopic (exact) mass is 231 g/mol. The summed E-state index contributed by atoms with van der Waals surface area (Å²) in [7, 11) is 0. The van der Waals surface area contributed by atoms with E-state index in [0.29, 0.717) is 0 Å². The van der Waals surface area contributed by atoms with Gasteiger partial charge in [-0.15, -0.1) is 0 Å². The van der Waals surface area contributed by atoms with Gasteiger partial charge in [0.25, 0.3) is 0 Å². The van der Waals surface area contributed by atoms with Crippen molar-refractivity contribution >= 4 is 0 Å². The third kappa shape index (κ3) is 2.88. The number of hydrogen-bond acceptors (Lipinski definition) is 4. The highest BCUT2D eigenvalue weighted by Gasteiger charge is 2.07. The SMILES string of the molecule is CCCNCc1cnc(C)nc1-n1cccn1. The molecule has 2 heterocycles. The van der Waals surface area contributed by atoms with Crippen molar-refractivity contribution in [3.05, 3.63) is 36.0 Å². The summed E-state index contributed by atoms with van der Waals surface area (Å²) in [4.78, 5) is 8.68. The predicted molar refractivity (Wildman–Crippen MR) is 65.9 cm³/mol. The molecule has 0 saturated heterocycles. The van der Waals surface area contributed by atoms with Crippen LogP contribution in [0.15, 0.2) is 24.7 Å². The molecule has 0 fully saturated rings. The summed E-state index contributed by atoms with van der Waals surface area (Å²) in [5.41, 5.74) is 1.06. The van der Waals surface area contributed by atoms with Crippen molar-refractivity contribution in [2.75, 3.05) is 6.54 Å². The second-order valence-corrected chi connectivity index (χ2v) is 3.89. The summed E-state index contributed by atoms with van der Waals surface area (Å²) in [6.07, 6.45) is 6.62. The molecule has 0 aliphatic carbocycles. The minimum atomic E-state index is 0.759. The van der Waals surface area contributed by atoms with Gasteiger partial charge in [0.1, 0.15) is 5.82 Å². The largest absolute Gasteiger partial charge is 0.312 e. The van der Waals surface area contributed by atoms with Crippen LogP contribution in [0.25, 0.3) is 5.82 Å². The first kappa shape index (κ1) is 11.7. The molecule has 5 heteroatoms. The fraction of sp³-hybridized carbons (Fsp3) is 0.417. The molecule has 0 radical (unpaired) electrons. The lowest BCUT2D eigenvalue weighted by molar-refractivity contribution is 0.662. The number of nitrogens with zero attached hydrogens (tertiary/aromatic N) is 4. The first-order valence-electron chi connectivity index (χ1n) is 5.84. The van der Waals surface area contributed by atoms with Crippen molar-refractivity contribution in [1.29, 1.82) is 0 Å². The summed E-state index contributed by atoms with van der Waals surface area (Å²) >= 11 is 0. The molecule has 0 bridgehead atoms. The number of aromatic nitrogens is 4. The van der Waals surface area contributed by atoms with E-state index >= 15 is 0 Å². The van der Waals surface area contributed by atoms with Gasteiger partial charge in [-0.2, -0.15) is 5.10 Å². The maximum absolute atomic E-state index is 4.44. The van der Waals surface area contributed by atoms with E-state index in [1.54, 1.807) is 10.9 Å². The molecule has 2 aromatic rings. The van der Waals surface area contributed by atoms with Crippen molar-refractivity contribution < 1.29 is 0 Å². The Kier molecular flexibility index (Phi) is 3.82. The Morgan fingerprint density at radius 3 is 3.00 bits per heavy atom. The van der Waals surface area contributed by atoms with Crippen LogP contribution < -0.4 is 5.32 Å². The highest BCUT2D eigenvalue weighted by atomic mass is 15.3. The van der Waals surface area contributed by atoms with Crippen molar-refractivity contribution in [3.8, 4) is 5.82 Å². The molecule has 17 heavy (non-hydrogen) atoms. The molecule has 0 amide bonds. The molecule has 2 aromatic heterocycles. The van der Waals surface area contributed by atoms with E-state index in [2.05, 4.69) is 27.3 Å². The molecule has 0 aliphatic heterocycles. The first-order chi connectivity index (χ1) is 8.31. The Morgan fingerprint density at radius 2 is 2.29 bits per heavy atom. The molecule has 90 valence electrons. The normalized spacial score (nSPS) is 10.7. The van der Waals surface area contributed by atoms with Gasteiger partial charge in [0, 0.05) is 30.7 Å². The Hall–Kier alpha value is -1.75. The van der Waals surface area contributed by atoms with Gasteiger partial charge in [-0.05, 0) is 26.0 Å². The van der Waals surface area contributed by atoms with E-state index in [-0.39, 0.29) is 0 Å². The van der Waals surface area contributed by atoms with Gasteiger partial charge in [-0.3, -0.25) is 0 Å². The fourth-order valence-corrected chi connectivity index (χ4v) is 1.60. The van der Waals surface area contributed by atoms with Crippen LogP contribution >= 0.6 is 0 Å². The van der Waals surface area contributed by atoms with Crippen LogP contribution in [0.4, 0.5) is 0 Å². The number of nitrogens with one attached hydrogen (secondary N) is 1. The molecule has 5 nitrogen and oxygen atoms in total. The minimum absolute atomic E-state index is 0.759. The molecular formula is C12H17N5. The van der Waals surface area contributed by atoms with Crippen LogP contribution in [-0.4, -0.2) is 26.3 Å². The van der Waals surface area contributed by atoms with Crippen LogP contribution in [-0.2, 0) is 6.54 Å². The van der Waals surface area contributed by atoms with Gasteiger partial charge in [0.05, 0.1) is 0 Å². The molecule has 0 atom stereocenters. The molecule has 0 spiro atoms. The van der Waals surface area contributed by atoms with Crippen LogP contribution in [0.3, 0.4) is 0 Å². The Morgan fingerprint density at radius 1 is 1.41 bits per heavy atom. The summed E-state index contributed by atoms with van der Waals surface area (Å²) in [5, 5.41) is 7.57. The average Bonchev–Trinajstić information content (AvgIpc) is 2.85. The summed E-state index contributed by atoms with van der Waals surface area (Å²) in [6, 6.07) is 1.89. The molecule has 1 N–H and O–H groups in total. The van der Waals surface area contributed by atoms with Gasteiger partial charge >= 0.3 is 0 Å². The zero-order valence-electron chi connectivity index (χ0n) is 10.2. The lowest BCUT2D eigenvalue weighted by atomic mass is 10.3. The van der Waals surface area contributed by atoms with E-state index in [4.69, 9.17) is 0 Å². The zero-order valence-corrected chi connectivity index (χ0v) is 10.2. The van der Waals surface area contributed by atoms with Gasteiger partial charge < -0.3 is 5.32 Å². The van der Waals surface area contributed by atoms with E-state index in [1.807, 2.05) is 25.4 Å². The van der Waals surface area contributed by atoms with Crippen LogP contribution in [0.2, 0.25) is 0 Å². The average molecular weight is 231 g/mol. The summed E-state index contributed by atoms with van der Waals surface area (Å²) < 4.78 is 1.78. The molecule has 0 aromatic carbocycles. The van der Waals surface area contributed by atoms with E-state index in [1.165, 1.54) is 0 Å². The molecule has 0 unspecified atom stereocenters. The molecule has 2 rings (SSSR count). The highest BCUT2D eigenvalue weighted by Crippen LogP contribution is 2.09. The van der Waals surface area contributed by atoms with Gasteiger partial charge in [-0.25, -0.2) is 14.6 Å². The number of rotatable bonds is 5. The predicted octanol–water partition coefficient (Wildman–Crippen LogP) is 1.47. The van der Waals surface area contributed by atoms with Gasteiger partial charge in [-0.1, -0.05) is 6.92 Å². The second kappa shape index (κ2) is 5.54. The molecular weight excluding hydrogens is 214 g/mol. The van der Waals surface area contributed by atoms with Crippen molar-refractivity contribution in [3.63, 3.8) is 0 Å². The fourth-order valence-electron chi connectivity index (χ4n) is 1.60. The Labute approximate surface area is 101 Å². The van der Waals surface area contributed by atoms with E-state index < -0.39 is 0 Å². The highest BCUT2D eigenvalue weighted by molar-refractivity contribution is 5.31. The Bertz CT molecular complexity index is 464. The minimum Gasteiger partial charge on any atom is -0.312 e. The lowest BCUT2D eigenvalue weighted by Gasteiger charge is -2.09. The van der Waals surface area contributed by atoms with Crippen molar-refractivity contribution in [2.45, 2.75) is 26.8 Å². The van der Waals surface area contributed by atoms with E-state index in [0.717, 1.165) is 36.7 Å². The standard InChI is InChI=1S/C12H17N5/c1-3-5-13-8-11-9-14-10(2)16-12(11)17-7-4-6-15-17/h4,6-7,9,13H,3,5,8H2,1-2H3. The Balaban J connectivity index is 2.25. The molecule has 0 aliphatic rings. The van der Waals surface area contributed by atoms with Gasteiger partial charge in [0.15, 0.2) is 5.82 Å². The number of aryl methyl sites for hydroxylation is 1. The lowest BCUT2D eigenvalue weighted by Crippen LogP contribution is -2.17. The number of hydrogen-bond donors (Lipinski definition) is 1. The van der Waals surface area contributed by atoms with Crippen LogP contribution in [0.1, 0.15) is 24.7 Å². The van der Waals surface area contributed by atoms with Crippen molar-refractivity contribution in [2.24, 2.45) is 0 Å². The summed E-state index contributed by atoms with van der Waals surface area (Å²) in [6.45, 7) is 5.79. The maximum Gasteiger partial charge on any atom is 0.161 e. The second-order valence-electron chi connectivity index (χ2n) is 3.89. The third-order valence-electron chi connectivity index (χ3n) is 2.43. The zero-order chi connectivity index (χ0) is 12.1. The van der Waals surface area contributed by atoms with Crippen molar-refractivity contribution in [1.82, 2.24) is 25.1 Å². The third-order valence-corrected chi connectivity index (χ3v) is 2.43. The molecule has 0 saturated carbocycles. The smallest absolute Gasteiger partial charge is 0.161 e. The summed E-state index contributed by atoms with van der Waals surface area (Å²) in [5.74, 6) is 1.61. The van der Waals surface area contributed by atoms with Crippen LogP contribution in [0, 0.1) is 6.92 Å². The van der Waals surface area contributed by atoms with E-state index in [9.17, 15) is 0 Å². The topological polar surface area (TPSA) is 55.6 Å².